The molecule has 6 heteroatoms. The Bertz CT molecular complexity index is 1120. The summed E-state index contributed by atoms with van der Waals surface area (Å²) >= 11 is 0. The van der Waals surface area contributed by atoms with Crippen LogP contribution in [-0.4, -0.2) is 24.2 Å². The van der Waals surface area contributed by atoms with E-state index >= 15 is 0 Å². The summed E-state index contributed by atoms with van der Waals surface area (Å²) in [7, 11) is 3.12. The summed E-state index contributed by atoms with van der Waals surface area (Å²) < 4.78 is 10.8. The quantitative estimate of drug-likeness (QED) is 0.482. The maximum absolute atomic E-state index is 12.6. The molecule has 2 aromatic carbocycles. The molecule has 0 aliphatic carbocycles. The van der Waals surface area contributed by atoms with E-state index in [9.17, 15) is 4.79 Å². The number of aromatic nitrogens is 2. The van der Waals surface area contributed by atoms with Gasteiger partial charge < -0.3 is 15.2 Å². The minimum atomic E-state index is -0.264. The van der Waals surface area contributed by atoms with E-state index in [0.717, 1.165) is 28.0 Å². The lowest BCUT2D eigenvalue weighted by molar-refractivity contribution is 0.378. The van der Waals surface area contributed by atoms with Crippen LogP contribution in [0.2, 0.25) is 0 Å². The number of H-pyrrole nitrogens is 1. The summed E-state index contributed by atoms with van der Waals surface area (Å²) in [4.78, 5) is 19.4. The summed E-state index contributed by atoms with van der Waals surface area (Å²) in [5.41, 5.74) is 10.1. The average Bonchev–Trinajstić information content (AvgIpc) is 2.71. The second-order valence-electron chi connectivity index (χ2n) is 8.03. The van der Waals surface area contributed by atoms with Gasteiger partial charge in [-0.05, 0) is 40.8 Å². The fourth-order valence-corrected chi connectivity index (χ4v) is 3.20. The number of nitrogens with two attached hydrogens (primary N) is 1. The van der Waals surface area contributed by atoms with Crippen molar-refractivity contribution in [3.05, 3.63) is 69.6 Å². The van der Waals surface area contributed by atoms with Gasteiger partial charge in [0.1, 0.15) is 5.75 Å². The monoisotopic (exact) mass is 405 g/mol. The minimum Gasteiger partial charge on any atom is -0.496 e. The van der Waals surface area contributed by atoms with Crippen LogP contribution in [0.1, 0.15) is 37.5 Å². The number of benzene rings is 2. The molecule has 0 saturated carbocycles. The number of hydrogen-bond donors (Lipinski definition) is 2. The zero-order valence-corrected chi connectivity index (χ0v) is 17.9. The third-order valence-electron chi connectivity index (χ3n) is 4.80. The molecule has 0 amide bonds. The lowest BCUT2D eigenvalue weighted by atomic mass is 9.83. The first kappa shape index (κ1) is 21.2. The number of aromatic amines is 1. The average molecular weight is 405 g/mol. The molecule has 30 heavy (non-hydrogen) atoms. The lowest BCUT2D eigenvalue weighted by Gasteiger charge is -2.24. The molecule has 0 aliphatic heterocycles. The summed E-state index contributed by atoms with van der Waals surface area (Å²) in [6, 6.07) is 11.7. The zero-order valence-electron chi connectivity index (χ0n) is 17.9. The fourth-order valence-electron chi connectivity index (χ4n) is 3.20. The zero-order chi connectivity index (χ0) is 21.9. The van der Waals surface area contributed by atoms with Gasteiger partial charge in [0, 0.05) is 23.0 Å². The standard InChI is InChI=1S/C24H27N3O3/c1-24(2,3)20-13-17(19-14-26-23(30-5)27-22(19)28)12-16(21(20)29-4)9-6-15-7-10-18(25)11-8-15/h6-14H,25H2,1-5H3,(H,26,27,28)/b9-6+. The van der Waals surface area contributed by atoms with Crippen LogP contribution in [-0.2, 0) is 5.41 Å². The second kappa shape index (κ2) is 8.45. The normalized spacial score (nSPS) is 11.6. The number of anilines is 1. The smallest absolute Gasteiger partial charge is 0.296 e. The fraction of sp³-hybridized carbons (Fsp3) is 0.250. The van der Waals surface area contributed by atoms with Crippen LogP contribution in [0.5, 0.6) is 11.8 Å². The first-order valence-electron chi connectivity index (χ1n) is 9.62. The van der Waals surface area contributed by atoms with Gasteiger partial charge in [0.05, 0.1) is 19.8 Å². The Kier molecular flexibility index (Phi) is 5.96. The third-order valence-corrected chi connectivity index (χ3v) is 4.80. The molecule has 0 spiro atoms. The van der Waals surface area contributed by atoms with Gasteiger partial charge in [-0.3, -0.25) is 9.78 Å². The Morgan fingerprint density at radius 3 is 2.30 bits per heavy atom. The summed E-state index contributed by atoms with van der Waals surface area (Å²) in [5.74, 6) is 0.774. The Labute approximate surface area is 176 Å². The van der Waals surface area contributed by atoms with E-state index in [0.29, 0.717) is 11.3 Å². The van der Waals surface area contributed by atoms with Crippen LogP contribution < -0.4 is 20.8 Å². The molecule has 0 saturated heterocycles. The Morgan fingerprint density at radius 2 is 1.73 bits per heavy atom. The number of methoxy groups -OCH3 is 2. The molecule has 6 nitrogen and oxygen atoms in total. The van der Waals surface area contributed by atoms with Crippen molar-refractivity contribution in [2.75, 3.05) is 20.0 Å². The molecule has 3 N–H and O–H groups in total. The van der Waals surface area contributed by atoms with Crippen molar-refractivity contribution < 1.29 is 9.47 Å². The van der Waals surface area contributed by atoms with Gasteiger partial charge in [-0.15, -0.1) is 0 Å². The number of hydrogen-bond acceptors (Lipinski definition) is 5. The Hall–Kier alpha value is -3.54. The van der Waals surface area contributed by atoms with Crippen LogP contribution >= 0.6 is 0 Å². The first-order valence-corrected chi connectivity index (χ1v) is 9.62. The molecule has 1 heterocycles. The maximum atomic E-state index is 12.6. The highest BCUT2D eigenvalue weighted by atomic mass is 16.5. The van der Waals surface area contributed by atoms with E-state index in [1.54, 1.807) is 7.11 Å². The van der Waals surface area contributed by atoms with Crippen LogP contribution in [0.15, 0.2) is 47.4 Å². The predicted molar refractivity (Wildman–Crippen MR) is 122 cm³/mol. The van der Waals surface area contributed by atoms with Gasteiger partial charge in [-0.25, -0.2) is 4.98 Å². The molecule has 1 aromatic heterocycles. The maximum Gasteiger partial charge on any atom is 0.296 e. The number of nitrogen functional groups attached to an aromatic ring is 1. The van der Waals surface area contributed by atoms with Crippen molar-refractivity contribution in [3.63, 3.8) is 0 Å². The molecule has 156 valence electrons. The predicted octanol–water partition coefficient (Wildman–Crippen LogP) is 4.50. The molecule has 0 bridgehead atoms. The van der Waals surface area contributed by atoms with Crippen molar-refractivity contribution in [3.8, 4) is 22.9 Å². The Morgan fingerprint density at radius 1 is 1.03 bits per heavy atom. The summed E-state index contributed by atoms with van der Waals surface area (Å²) in [6.07, 6.45) is 5.50. The summed E-state index contributed by atoms with van der Waals surface area (Å²) in [5, 5.41) is 0. The molecule has 0 unspecified atom stereocenters. The molecule has 0 fully saturated rings. The molecule has 0 aliphatic rings. The van der Waals surface area contributed by atoms with Crippen molar-refractivity contribution in [2.24, 2.45) is 0 Å². The van der Waals surface area contributed by atoms with E-state index in [1.165, 1.54) is 13.3 Å². The number of nitrogens with zero attached hydrogens (tertiary/aromatic N) is 1. The number of ether oxygens (including phenoxy) is 2. The first-order chi connectivity index (χ1) is 14.2. The topological polar surface area (TPSA) is 90.2 Å². The van der Waals surface area contributed by atoms with E-state index in [2.05, 4.69) is 30.7 Å². The van der Waals surface area contributed by atoms with E-state index in [4.69, 9.17) is 15.2 Å². The highest BCUT2D eigenvalue weighted by Gasteiger charge is 2.23. The third kappa shape index (κ3) is 4.54. The second-order valence-corrected chi connectivity index (χ2v) is 8.03. The molecule has 3 aromatic rings. The van der Waals surface area contributed by atoms with Crippen LogP contribution in [0.3, 0.4) is 0 Å². The molecule has 0 radical (unpaired) electrons. The van der Waals surface area contributed by atoms with Crippen molar-refractivity contribution in [1.29, 1.82) is 0 Å². The largest absolute Gasteiger partial charge is 0.496 e. The van der Waals surface area contributed by atoms with Crippen molar-refractivity contribution >= 4 is 17.8 Å². The minimum absolute atomic E-state index is 0.178. The highest BCUT2D eigenvalue weighted by Crippen LogP contribution is 2.38. The van der Waals surface area contributed by atoms with E-state index in [1.807, 2.05) is 48.6 Å². The van der Waals surface area contributed by atoms with Crippen molar-refractivity contribution in [1.82, 2.24) is 9.97 Å². The Balaban J connectivity index is 2.18. The van der Waals surface area contributed by atoms with Gasteiger partial charge in [0.15, 0.2) is 0 Å². The lowest BCUT2D eigenvalue weighted by Crippen LogP contribution is -2.15. The van der Waals surface area contributed by atoms with E-state index in [-0.39, 0.29) is 17.0 Å². The number of rotatable bonds is 5. The van der Waals surface area contributed by atoms with Gasteiger partial charge >= 0.3 is 0 Å². The van der Waals surface area contributed by atoms with Crippen LogP contribution in [0.4, 0.5) is 5.69 Å². The molecular formula is C24H27N3O3. The van der Waals surface area contributed by atoms with Gasteiger partial charge in [0.2, 0.25) is 0 Å². The van der Waals surface area contributed by atoms with Crippen LogP contribution in [0, 0.1) is 0 Å². The van der Waals surface area contributed by atoms with Gasteiger partial charge in [-0.2, -0.15) is 0 Å². The SMILES string of the molecule is COc1ncc(-c2cc(/C=C/c3ccc(N)cc3)c(OC)c(C(C)(C)C)c2)c(=O)[nH]1. The molecule has 3 rings (SSSR count). The molecular weight excluding hydrogens is 378 g/mol. The molecule has 0 atom stereocenters. The van der Waals surface area contributed by atoms with Gasteiger partial charge in [-0.1, -0.05) is 45.1 Å². The highest BCUT2D eigenvalue weighted by molar-refractivity contribution is 5.78. The van der Waals surface area contributed by atoms with Crippen molar-refractivity contribution in [2.45, 2.75) is 26.2 Å². The van der Waals surface area contributed by atoms with E-state index < -0.39 is 0 Å². The van der Waals surface area contributed by atoms with Gasteiger partial charge in [0.25, 0.3) is 11.6 Å². The summed E-state index contributed by atoms with van der Waals surface area (Å²) in [6.45, 7) is 6.33. The van der Waals surface area contributed by atoms with Crippen LogP contribution in [0.25, 0.3) is 23.3 Å². The number of nitrogens with one attached hydrogen (secondary N) is 1.